The highest BCUT2D eigenvalue weighted by atomic mass is 35.5. The number of halogens is 1. The van der Waals surface area contributed by atoms with E-state index in [0.29, 0.717) is 0 Å². The summed E-state index contributed by atoms with van der Waals surface area (Å²) in [5.74, 6) is 0. The number of nitrogens with zero attached hydrogens (tertiary/aromatic N) is 1. The van der Waals surface area contributed by atoms with E-state index in [2.05, 4.69) is 38.4 Å². The Labute approximate surface area is 85.5 Å². The van der Waals surface area contributed by atoms with Gasteiger partial charge in [-0.15, -0.1) is 0 Å². The molecule has 0 saturated heterocycles. The van der Waals surface area contributed by atoms with E-state index >= 15 is 0 Å². The van der Waals surface area contributed by atoms with E-state index in [1.165, 1.54) is 5.56 Å². The van der Waals surface area contributed by atoms with Crippen molar-refractivity contribution in [3.63, 3.8) is 0 Å². The van der Waals surface area contributed by atoms with Crippen molar-refractivity contribution in [3.05, 3.63) is 35.9 Å². The van der Waals surface area contributed by atoms with Gasteiger partial charge in [-0.1, -0.05) is 41.9 Å². The van der Waals surface area contributed by atoms with E-state index in [9.17, 15) is 0 Å². The molecule has 0 aromatic heterocycles. The van der Waals surface area contributed by atoms with Crippen LogP contribution < -0.4 is 0 Å². The minimum Gasteiger partial charge on any atom is -0.310 e. The summed E-state index contributed by atoms with van der Waals surface area (Å²) in [5.41, 5.74) is 1.47. The number of alkyl halides is 1. The summed E-state index contributed by atoms with van der Waals surface area (Å²) in [7, 11) is 4.29. The molecular weight excluding hydrogens is 182 g/mol. The van der Waals surface area contributed by atoms with Crippen LogP contribution in [0.5, 0.6) is 0 Å². The van der Waals surface area contributed by atoms with Crippen LogP contribution in [0.25, 0.3) is 0 Å². The maximum atomic E-state index is 6.09. The van der Waals surface area contributed by atoms with Crippen LogP contribution in [0.15, 0.2) is 30.3 Å². The molecule has 13 heavy (non-hydrogen) atoms. The minimum atomic E-state index is 0.139. The highest BCUT2D eigenvalue weighted by Crippen LogP contribution is 2.15. The number of rotatable bonds is 3. The molecule has 0 heterocycles. The lowest BCUT2D eigenvalue weighted by molar-refractivity contribution is -0.913. The molecule has 1 rings (SSSR count). The minimum absolute atomic E-state index is 0.139. The van der Waals surface area contributed by atoms with Crippen LogP contribution in [-0.2, 0) is 6.54 Å². The van der Waals surface area contributed by atoms with E-state index < -0.39 is 0 Å². The molecule has 72 valence electrons. The first-order valence-corrected chi connectivity index (χ1v) is 4.97. The first-order chi connectivity index (χ1) is 6.02. The summed E-state index contributed by atoms with van der Waals surface area (Å²) in [6.45, 7) is 3.01. The standard InChI is InChI=1S/C11H17ClN/c1-10(12)13(2,3)9-11-7-5-4-6-8-11/h4-8,10H,9H2,1-3H3/q+1. The van der Waals surface area contributed by atoms with Crippen molar-refractivity contribution in [2.24, 2.45) is 0 Å². The Morgan fingerprint density at radius 1 is 1.23 bits per heavy atom. The van der Waals surface area contributed by atoms with Gasteiger partial charge in [-0.3, -0.25) is 0 Å². The van der Waals surface area contributed by atoms with Gasteiger partial charge in [0.05, 0.1) is 14.1 Å². The molecule has 0 bridgehead atoms. The monoisotopic (exact) mass is 198 g/mol. The van der Waals surface area contributed by atoms with Crippen molar-refractivity contribution in [1.82, 2.24) is 0 Å². The third-order valence-corrected chi connectivity index (χ3v) is 2.92. The predicted octanol–water partition coefficient (Wildman–Crippen LogP) is 2.85. The van der Waals surface area contributed by atoms with Crippen molar-refractivity contribution in [2.45, 2.75) is 19.0 Å². The third kappa shape index (κ3) is 3.02. The van der Waals surface area contributed by atoms with Gasteiger partial charge in [0.25, 0.3) is 0 Å². The van der Waals surface area contributed by atoms with Gasteiger partial charge in [0.1, 0.15) is 6.54 Å². The second-order valence-corrected chi connectivity index (χ2v) is 4.63. The highest BCUT2D eigenvalue weighted by molar-refractivity contribution is 6.19. The lowest BCUT2D eigenvalue weighted by atomic mass is 10.2. The van der Waals surface area contributed by atoms with Crippen LogP contribution in [0.4, 0.5) is 0 Å². The van der Waals surface area contributed by atoms with E-state index in [1.54, 1.807) is 0 Å². The second-order valence-electron chi connectivity index (χ2n) is 4.00. The number of quaternary nitrogens is 1. The van der Waals surface area contributed by atoms with Gasteiger partial charge in [0.15, 0.2) is 5.50 Å². The van der Waals surface area contributed by atoms with E-state index in [0.717, 1.165) is 11.0 Å². The quantitative estimate of drug-likeness (QED) is 0.398. The van der Waals surface area contributed by atoms with E-state index in [1.807, 2.05) is 13.0 Å². The van der Waals surface area contributed by atoms with Gasteiger partial charge in [-0.25, -0.2) is 0 Å². The van der Waals surface area contributed by atoms with Crippen molar-refractivity contribution in [1.29, 1.82) is 0 Å². The fourth-order valence-corrected chi connectivity index (χ4v) is 1.25. The Morgan fingerprint density at radius 3 is 2.23 bits per heavy atom. The SMILES string of the molecule is CC(Cl)[N+](C)(C)Cc1ccccc1. The average Bonchev–Trinajstić information content (AvgIpc) is 2.05. The maximum Gasteiger partial charge on any atom is 0.161 e. The molecule has 1 atom stereocenters. The van der Waals surface area contributed by atoms with Gasteiger partial charge >= 0.3 is 0 Å². The molecule has 0 aliphatic carbocycles. The fraction of sp³-hybridized carbons (Fsp3) is 0.455. The first kappa shape index (κ1) is 10.6. The van der Waals surface area contributed by atoms with Crippen molar-refractivity contribution in [2.75, 3.05) is 14.1 Å². The zero-order valence-corrected chi connectivity index (χ0v) is 9.25. The van der Waals surface area contributed by atoms with Crippen LogP contribution >= 0.6 is 11.6 Å². The second kappa shape index (κ2) is 4.12. The summed E-state index contributed by atoms with van der Waals surface area (Å²) >= 11 is 6.09. The van der Waals surface area contributed by atoms with Gasteiger partial charge in [-0.2, -0.15) is 0 Å². The molecule has 0 amide bonds. The summed E-state index contributed by atoms with van der Waals surface area (Å²) in [4.78, 5) is 0. The molecule has 0 N–H and O–H groups in total. The lowest BCUT2D eigenvalue weighted by Gasteiger charge is -2.32. The summed E-state index contributed by atoms with van der Waals surface area (Å²) in [6.07, 6.45) is 0. The molecule has 0 aliphatic rings. The normalized spacial score (nSPS) is 14.2. The molecule has 0 spiro atoms. The van der Waals surface area contributed by atoms with Crippen LogP contribution in [0.3, 0.4) is 0 Å². The summed E-state index contributed by atoms with van der Waals surface area (Å²) in [5, 5.41) is 0. The topological polar surface area (TPSA) is 0 Å². The van der Waals surface area contributed by atoms with Crippen LogP contribution in [-0.4, -0.2) is 24.1 Å². The van der Waals surface area contributed by atoms with Crippen LogP contribution in [0.1, 0.15) is 12.5 Å². The average molecular weight is 199 g/mol. The zero-order chi connectivity index (χ0) is 9.90. The largest absolute Gasteiger partial charge is 0.310 e. The third-order valence-electron chi connectivity index (χ3n) is 2.40. The smallest absolute Gasteiger partial charge is 0.161 e. The van der Waals surface area contributed by atoms with Gasteiger partial charge in [0, 0.05) is 12.5 Å². The fourth-order valence-electron chi connectivity index (χ4n) is 1.18. The van der Waals surface area contributed by atoms with Crippen LogP contribution in [0, 0.1) is 0 Å². The van der Waals surface area contributed by atoms with E-state index in [4.69, 9.17) is 11.6 Å². The van der Waals surface area contributed by atoms with Crippen molar-refractivity contribution in [3.8, 4) is 0 Å². The molecule has 1 unspecified atom stereocenters. The molecular formula is C11H17ClN+. The molecule has 0 radical (unpaired) electrons. The van der Waals surface area contributed by atoms with E-state index in [-0.39, 0.29) is 5.50 Å². The molecule has 1 nitrogen and oxygen atoms in total. The Hall–Kier alpha value is -0.530. The zero-order valence-electron chi connectivity index (χ0n) is 8.50. The van der Waals surface area contributed by atoms with Crippen molar-refractivity contribution < 1.29 is 4.48 Å². The molecule has 0 saturated carbocycles. The maximum absolute atomic E-state index is 6.09. The number of hydrogen-bond acceptors (Lipinski definition) is 0. The Kier molecular flexibility index (Phi) is 3.34. The highest BCUT2D eigenvalue weighted by Gasteiger charge is 2.21. The molecule has 2 heteroatoms. The van der Waals surface area contributed by atoms with Gasteiger partial charge in [0.2, 0.25) is 0 Å². The molecule has 1 aromatic carbocycles. The first-order valence-electron chi connectivity index (χ1n) is 4.53. The Balaban J connectivity index is 2.69. The summed E-state index contributed by atoms with van der Waals surface area (Å²) in [6, 6.07) is 10.4. The molecule has 0 aliphatic heterocycles. The molecule has 0 fully saturated rings. The van der Waals surface area contributed by atoms with Crippen molar-refractivity contribution >= 4 is 11.6 Å². The molecule has 1 aromatic rings. The Bertz CT molecular complexity index is 254. The Morgan fingerprint density at radius 2 is 1.77 bits per heavy atom. The predicted molar refractivity (Wildman–Crippen MR) is 57.6 cm³/mol. The summed E-state index contributed by atoms with van der Waals surface area (Å²) < 4.78 is 0.811. The van der Waals surface area contributed by atoms with Gasteiger partial charge in [-0.05, 0) is 0 Å². The number of hydrogen-bond donors (Lipinski definition) is 0. The van der Waals surface area contributed by atoms with Gasteiger partial charge < -0.3 is 4.48 Å². The lowest BCUT2D eigenvalue weighted by Crippen LogP contribution is -2.43. The van der Waals surface area contributed by atoms with Crippen LogP contribution in [0.2, 0.25) is 0 Å². The number of benzene rings is 1.